The van der Waals surface area contributed by atoms with E-state index in [9.17, 15) is 28.9 Å². The van der Waals surface area contributed by atoms with Gasteiger partial charge < -0.3 is 24.2 Å². The fourth-order valence-electron chi connectivity index (χ4n) is 8.44. The van der Waals surface area contributed by atoms with Gasteiger partial charge >= 0.3 is 25.7 Å². The molecule has 3 unspecified atom stereocenters. The van der Waals surface area contributed by atoms with Gasteiger partial charge in [-0.05, 0) is 77.0 Å². The normalized spacial score (nSPS) is 13.6. The molecule has 0 saturated heterocycles. The van der Waals surface area contributed by atoms with E-state index in [2.05, 4.69) is 57.2 Å². The van der Waals surface area contributed by atoms with Crippen LogP contribution in [0.4, 0.5) is 0 Å². The van der Waals surface area contributed by atoms with E-state index < -0.39 is 57.8 Å². The highest BCUT2D eigenvalue weighted by Crippen LogP contribution is 2.43. The Morgan fingerprint density at radius 2 is 0.681 bits per heavy atom. The van der Waals surface area contributed by atoms with Gasteiger partial charge in [-0.15, -0.1) is 0 Å². The minimum absolute atomic E-state index is 0.165. The van der Waals surface area contributed by atoms with Crippen LogP contribution in [0.15, 0.2) is 36.5 Å². The van der Waals surface area contributed by atoms with E-state index in [1.54, 1.807) is 0 Å². The Morgan fingerprint density at radius 3 is 1.07 bits per heavy atom. The summed E-state index contributed by atoms with van der Waals surface area (Å²) in [5.41, 5.74) is 0. The lowest BCUT2D eigenvalue weighted by Gasteiger charge is -2.21. The SMILES string of the molecule is CCCCC/C=C\C/C=C\CCCCCCCCCCCC(=O)OCC(COP(=O)(O)OCC(CO)OC(=O)CCCCCCCCCCC)OC(=O)CCCCCCCCC/C=C\CCCCCCCC. The number of aliphatic hydroxyl groups excluding tert-OH is 1. The number of carbonyl (C=O) groups is 3. The molecule has 0 fully saturated rings. The Hall–Kier alpha value is -2.30. The minimum atomic E-state index is -4.74. The first-order chi connectivity index (χ1) is 35.2. The Kier molecular flexibility index (Phi) is 53.2. The van der Waals surface area contributed by atoms with Crippen LogP contribution in [0.25, 0.3) is 0 Å². The van der Waals surface area contributed by atoms with Gasteiger partial charge in [-0.1, -0.05) is 231 Å². The van der Waals surface area contributed by atoms with Crippen LogP contribution >= 0.6 is 7.82 Å². The van der Waals surface area contributed by atoms with Gasteiger partial charge in [0.1, 0.15) is 12.7 Å². The molecular formula is C60H111O11P. The number of hydrogen-bond donors (Lipinski definition) is 2. The molecule has 2 N–H and O–H groups in total. The van der Waals surface area contributed by atoms with Crippen molar-refractivity contribution in [2.24, 2.45) is 0 Å². The fourth-order valence-corrected chi connectivity index (χ4v) is 9.23. The fraction of sp³-hybridized carbons (Fsp3) is 0.850. The predicted molar refractivity (Wildman–Crippen MR) is 298 cm³/mol. The zero-order valence-corrected chi connectivity index (χ0v) is 47.6. The van der Waals surface area contributed by atoms with E-state index in [1.807, 2.05) is 0 Å². The number of allylic oxidation sites excluding steroid dienone is 6. The van der Waals surface area contributed by atoms with E-state index in [0.29, 0.717) is 19.3 Å². The molecule has 0 aromatic heterocycles. The Bertz CT molecular complexity index is 1350. The molecule has 0 bridgehead atoms. The number of esters is 3. The van der Waals surface area contributed by atoms with Gasteiger partial charge in [-0.2, -0.15) is 0 Å². The molecule has 0 spiro atoms. The predicted octanol–water partition coefficient (Wildman–Crippen LogP) is 17.6. The standard InChI is InChI=1S/C60H111O11P/c1-4-7-10-13-16-19-21-23-25-27-28-30-31-33-35-38-40-43-46-49-58(62)67-53-57(71-60(64)51-48-45-42-39-36-34-32-29-26-24-22-20-17-14-11-8-5-2)55-69-72(65,66)68-54-56(52-61)70-59(63)50-47-44-41-37-18-15-12-9-6-3/h16,19,23-26,56-57,61H,4-15,17-18,20-22,27-55H2,1-3H3,(H,65,66)/b19-16-,25-23-,26-24-. The summed E-state index contributed by atoms with van der Waals surface area (Å²) in [4.78, 5) is 48.5. The van der Waals surface area contributed by atoms with Crippen molar-refractivity contribution in [3.63, 3.8) is 0 Å². The molecule has 11 nitrogen and oxygen atoms in total. The molecule has 422 valence electrons. The molecule has 3 atom stereocenters. The first-order valence-electron chi connectivity index (χ1n) is 29.9. The second-order valence-electron chi connectivity index (χ2n) is 20.2. The summed E-state index contributed by atoms with van der Waals surface area (Å²) in [6.07, 6.45) is 56.8. The second-order valence-corrected chi connectivity index (χ2v) is 21.6. The number of rotatable bonds is 56. The smallest absolute Gasteiger partial charge is 0.462 e. The molecule has 72 heavy (non-hydrogen) atoms. The van der Waals surface area contributed by atoms with Crippen molar-refractivity contribution in [2.45, 2.75) is 303 Å². The molecule has 12 heteroatoms. The molecule has 0 radical (unpaired) electrons. The maximum absolute atomic E-state index is 12.9. The topological polar surface area (TPSA) is 155 Å². The molecule has 0 heterocycles. The third-order valence-electron chi connectivity index (χ3n) is 13.0. The Labute approximate surface area is 441 Å². The number of carbonyl (C=O) groups excluding carboxylic acids is 3. The van der Waals surface area contributed by atoms with Crippen molar-refractivity contribution >= 4 is 25.7 Å². The highest BCUT2D eigenvalue weighted by molar-refractivity contribution is 7.47. The summed E-state index contributed by atoms with van der Waals surface area (Å²) in [7, 11) is -4.74. The van der Waals surface area contributed by atoms with E-state index in [4.69, 9.17) is 23.3 Å². The third kappa shape index (κ3) is 52.6. The van der Waals surface area contributed by atoms with E-state index in [0.717, 1.165) is 77.0 Å². The summed E-state index contributed by atoms with van der Waals surface area (Å²) in [6.45, 7) is 4.62. The molecule has 0 saturated carbocycles. The van der Waals surface area contributed by atoms with Gasteiger partial charge in [-0.25, -0.2) is 4.57 Å². The van der Waals surface area contributed by atoms with Crippen molar-refractivity contribution in [3.8, 4) is 0 Å². The van der Waals surface area contributed by atoms with Crippen molar-refractivity contribution in [1.82, 2.24) is 0 Å². The van der Waals surface area contributed by atoms with Gasteiger partial charge in [0.15, 0.2) is 6.10 Å². The number of hydrogen-bond acceptors (Lipinski definition) is 10. The highest BCUT2D eigenvalue weighted by Gasteiger charge is 2.28. The van der Waals surface area contributed by atoms with Crippen LogP contribution in [-0.4, -0.2) is 66.5 Å². The zero-order valence-electron chi connectivity index (χ0n) is 46.7. The second kappa shape index (κ2) is 54.9. The van der Waals surface area contributed by atoms with E-state index >= 15 is 0 Å². The first-order valence-corrected chi connectivity index (χ1v) is 31.4. The zero-order chi connectivity index (χ0) is 52.7. The average molecular weight is 1040 g/mol. The molecule has 0 aromatic carbocycles. The summed E-state index contributed by atoms with van der Waals surface area (Å²) in [5, 5.41) is 9.78. The van der Waals surface area contributed by atoms with Crippen molar-refractivity contribution in [2.75, 3.05) is 26.4 Å². The number of phosphoric acid groups is 1. The van der Waals surface area contributed by atoms with Gasteiger partial charge in [0.25, 0.3) is 0 Å². The van der Waals surface area contributed by atoms with Crippen LogP contribution in [0.3, 0.4) is 0 Å². The summed E-state index contributed by atoms with van der Waals surface area (Å²) in [6, 6.07) is 0. The average Bonchev–Trinajstić information content (AvgIpc) is 3.37. The lowest BCUT2D eigenvalue weighted by molar-refractivity contribution is -0.161. The summed E-state index contributed by atoms with van der Waals surface area (Å²) < 4.78 is 39.5. The van der Waals surface area contributed by atoms with Crippen LogP contribution in [0.2, 0.25) is 0 Å². The largest absolute Gasteiger partial charge is 0.472 e. The maximum Gasteiger partial charge on any atom is 0.472 e. The monoisotopic (exact) mass is 1040 g/mol. The molecular weight excluding hydrogens is 928 g/mol. The van der Waals surface area contributed by atoms with Crippen molar-refractivity contribution < 1.29 is 52.2 Å². The molecule has 0 aliphatic carbocycles. The van der Waals surface area contributed by atoms with E-state index in [1.165, 1.54) is 154 Å². The summed E-state index contributed by atoms with van der Waals surface area (Å²) in [5.74, 6) is -1.46. The van der Waals surface area contributed by atoms with Crippen LogP contribution in [-0.2, 0) is 42.2 Å². The van der Waals surface area contributed by atoms with E-state index in [-0.39, 0.29) is 25.9 Å². The molecule has 0 rings (SSSR count). The third-order valence-corrected chi connectivity index (χ3v) is 14.0. The van der Waals surface area contributed by atoms with Crippen LogP contribution in [0, 0.1) is 0 Å². The van der Waals surface area contributed by atoms with Crippen molar-refractivity contribution in [3.05, 3.63) is 36.5 Å². The molecule has 0 aromatic rings. The van der Waals surface area contributed by atoms with Crippen LogP contribution < -0.4 is 0 Å². The maximum atomic E-state index is 12.9. The molecule has 0 aliphatic rings. The van der Waals surface area contributed by atoms with Crippen molar-refractivity contribution in [1.29, 1.82) is 0 Å². The Balaban J connectivity index is 4.68. The van der Waals surface area contributed by atoms with Gasteiger partial charge in [0.05, 0.1) is 19.8 Å². The lowest BCUT2D eigenvalue weighted by Crippen LogP contribution is -2.30. The Morgan fingerprint density at radius 1 is 0.389 bits per heavy atom. The quantitative estimate of drug-likeness (QED) is 0.0197. The number of phosphoric ester groups is 1. The number of aliphatic hydroxyl groups is 1. The summed E-state index contributed by atoms with van der Waals surface area (Å²) >= 11 is 0. The highest BCUT2D eigenvalue weighted by atomic mass is 31.2. The minimum Gasteiger partial charge on any atom is -0.462 e. The van der Waals surface area contributed by atoms with Gasteiger partial charge in [-0.3, -0.25) is 23.4 Å². The number of unbranched alkanes of at least 4 members (excludes halogenated alkanes) is 33. The lowest BCUT2D eigenvalue weighted by atomic mass is 10.1. The van der Waals surface area contributed by atoms with Crippen LogP contribution in [0.1, 0.15) is 290 Å². The molecule has 0 aliphatic heterocycles. The van der Waals surface area contributed by atoms with Gasteiger partial charge in [0, 0.05) is 19.3 Å². The van der Waals surface area contributed by atoms with Crippen LogP contribution in [0.5, 0.6) is 0 Å². The first kappa shape index (κ1) is 69.7. The van der Waals surface area contributed by atoms with Gasteiger partial charge in [0.2, 0.25) is 0 Å². The number of ether oxygens (including phenoxy) is 3. The molecule has 0 amide bonds.